The Labute approximate surface area is 154 Å². The Hall–Kier alpha value is -2.04. The zero-order valence-electron chi connectivity index (χ0n) is 14.9. The molecule has 2 unspecified atom stereocenters. The monoisotopic (exact) mass is 360 g/mol. The largest absolute Gasteiger partial charge is 0.445 e. The molecule has 1 amide bonds. The van der Waals surface area contributed by atoms with E-state index < -0.39 is 6.09 Å². The number of nitrogens with one attached hydrogen (secondary N) is 2. The third kappa shape index (κ3) is 6.07. The molecule has 25 heavy (non-hydrogen) atoms. The molecule has 0 aromatic heterocycles. The highest BCUT2D eigenvalue weighted by Crippen LogP contribution is 2.17. The van der Waals surface area contributed by atoms with Crippen LogP contribution in [0.1, 0.15) is 23.6 Å². The molecule has 134 valence electrons. The van der Waals surface area contributed by atoms with Gasteiger partial charge in [0.25, 0.3) is 0 Å². The van der Waals surface area contributed by atoms with Crippen molar-refractivity contribution in [3.05, 3.63) is 70.2 Å². The fourth-order valence-electron chi connectivity index (χ4n) is 2.67. The van der Waals surface area contributed by atoms with Crippen molar-refractivity contribution in [1.82, 2.24) is 10.6 Å². The molecule has 2 rings (SSSR count). The lowest BCUT2D eigenvalue weighted by atomic mass is 9.99. The van der Waals surface area contributed by atoms with E-state index in [1.165, 1.54) is 5.56 Å². The number of ether oxygens (including phenoxy) is 1. The van der Waals surface area contributed by atoms with Gasteiger partial charge in [0.15, 0.2) is 0 Å². The minimum Gasteiger partial charge on any atom is -0.445 e. The number of alkyl carbamates (subject to hydrolysis) is 1. The molecule has 2 N–H and O–H groups in total. The topological polar surface area (TPSA) is 50.4 Å². The van der Waals surface area contributed by atoms with Crippen LogP contribution in [0.15, 0.2) is 48.5 Å². The maximum Gasteiger partial charge on any atom is 0.407 e. The molecular weight excluding hydrogens is 336 g/mol. The molecule has 0 heterocycles. The van der Waals surface area contributed by atoms with Crippen LogP contribution in [-0.4, -0.2) is 25.2 Å². The van der Waals surface area contributed by atoms with Crippen LogP contribution in [0, 0.1) is 6.92 Å². The molecule has 0 spiro atoms. The molecule has 4 nitrogen and oxygen atoms in total. The molecule has 0 aliphatic carbocycles. The van der Waals surface area contributed by atoms with Gasteiger partial charge in [-0.25, -0.2) is 4.79 Å². The summed E-state index contributed by atoms with van der Waals surface area (Å²) in [6.45, 7) is 4.22. The van der Waals surface area contributed by atoms with Crippen molar-refractivity contribution in [3.8, 4) is 0 Å². The Kier molecular flexibility index (Phi) is 7.29. The van der Waals surface area contributed by atoms with Crippen LogP contribution >= 0.6 is 11.6 Å². The molecule has 0 aliphatic rings. The van der Waals surface area contributed by atoms with Crippen LogP contribution in [0.5, 0.6) is 0 Å². The van der Waals surface area contributed by atoms with Crippen molar-refractivity contribution in [2.75, 3.05) is 7.05 Å². The average Bonchev–Trinajstić information content (AvgIpc) is 2.61. The number of amides is 1. The molecule has 0 fully saturated rings. The van der Waals surface area contributed by atoms with Crippen LogP contribution in [0.25, 0.3) is 0 Å². The Balaban J connectivity index is 1.86. The fourth-order valence-corrected chi connectivity index (χ4v) is 2.79. The minimum absolute atomic E-state index is 0.0794. The van der Waals surface area contributed by atoms with E-state index in [0.717, 1.165) is 22.6 Å². The average molecular weight is 361 g/mol. The standard InChI is InChI=1S/C20H25ClN2O2/c1-14-11-17(9-10-18(14)21)12-19(22-3)15(2)23-20(24)25-13-16-7-5-4-6-8-16/h4-11,15,19,22H,12-13H2,1-3H3,(H,23,24). The number of aryl methyl sites for hydroxylation is 1. The van der Waals surface area contributed by atoms with Crippen LogP contribution in [-0.2, 0) is 17.8 Å². The van der Waals surface area contributed by atoms with Crippen molar-refractivity contribution >= 4 is 17.7 Å². The first kappa shape index (κ1) is 19.3. The number of benzene rings is 2. The van der Waals surface area contributed by atoms with E-state index in [9.17, 15) is 4.79 Å². The number of hydrogen-bond acceptors (Lipinski definition) is 3. The van der Waals surface area contributed by atoms with E-state index in [1.54, 1.807) is 0 Å². The van der Waals surface area contributed by atoms with Gasteiger partial charge in [0, 0.05) is 17.1 Å². The smallest absolute Gasteiger partial charge is 0.407 e. The summed E-state index contributed by atoms with van der Waals surface area (Å²) in [5, 5.41) is 6.92. The van der Waals surface area contributed by atoms with E-state index in [-0.39, 0.29) is 18.7 Å². The van der Waals surface area contributed by atoms with Gasteiger partial charge in [0.05, 0.1) is 0 Å². The summed E-state index contributed by atoms with van der Waals surface area (Å²) in [6, 6.07) is 15.6. The van der Waals surface area contributed by atoms with Crippen molar-refractivity contribution in [3.63, 3.8) is 0 Å². The van der Waals surface area contributed by atoms with Gasteiger partial charge in [-0.3, -0.25) is 0 Å². The van der Waals surface area contributed by atoms with Crippen molar-refractivity contribution < 1.29 is 9.53 Å². The Morgan fingerprint density at radius 3 is 2.52 bits per heavy atom. The normalized spacial score (nSPS) is 13.1. The van der Waals surface area contributed by atoms with E-state index in [1.807, 2.05) is 63.4 Å². The van der Waals surface area contributed by atoms with Crippen LogP contribution < -0.4 is 10.6 Å². The zero-order valence-corrected chi connectivity index (χ0v) is 15.6. The van der Waals surface area contributed by atoms with Crippen molar-refractivity contribution in [1.29, 1.82) is 0 Å². The second kappa shape index (κ2) is 9.44. The highest BCUT2D eigenvalue weighted by molar-refractivity contribution is 6.31. The second-order valence-corrected chi connectivity index (χ2v) is 6.58. The predicted molar refractivity (Wildman–Crippen MR) is 102 cm³/mol. The molecule has 0 saturated heterocycles. The second-order valence-electron chi connectivity index (χ2n) is 6.18. The lowest BCUT2D eigenvalue weighted by Crippen LogP contribution is -2.48. The number of hydrogen-bond donors (Lipinski definition) is 2. The molecule has 0 saturated carbocycles. The summed E-state index contributed by atoms with van der Waals surface area (Å²) in [4.78, 5) is 12.0. The maximum atomic E-state index is 12.0. The molecule has 0 aliphatic heterocycles. The van der Waals surface area contributed by atoms with Gasteiger partial charge in [-0.1, -0.05) is 54.1 Å². The Morgan fingerprint density at radius 1 is 1.16 bits per heavy atom. The van der Waals surface area contributed by atoms with Crippen LogP contribution in [0.4, 0.5) is 4.79 Å². The van der Waals surface area contributed by atoms with Crippen LogP contribution in [0.2, 0.25) is 5.02 Å². The zero-order chi connectivity index (χ0) is 18.2. The van der Waals surface area contributed by atoms with Gasteiger partial charge >= 0.3 is 6.09 Å². The first-order chi connectivity index (χ1) is 12.0. The third-order valence-electron chi connectivity index (χ3n) is 4.21. The van der Waals surface area contributed by atoms with Gasteiger partial charge in [-0.15, -0.1) is 0 Å². The summed E-state index contributed by atoms with van der Waals surface area (Å²) in [5.74, 6) is 0. The Morgan fingerprint density at radius 2 is 1.88 bits per heavy atom. The molecular formula is C20H25ClN2O2. The molecule has 2 aromatic rings. The van der Waals surface area contributed by atoms with E-state index in [0.29, 0.717) is 0 Å². The highest BCUT2D eigenvalue weighted by Gasteiger charge is 2.19. The lowest BCUT2D eigenvalue weighted by molar-refractivity contribution is 0.134. The van der Waals surface area contributed by atoms with Gasteiger partial charge in [0.1, 0.15) is 6.61 Å². The Bertz CT molecular complexity index is 691. The number of halogens is 1. The third-order valence-corrected chi connectivity index (χ3v) is 4.63. The maximum absolute atomic E-state index is 12.0. The molecule has 0 radical (unpaired) electrons. The summed E-state index contributed by atoms with van der Waals surface area (Å²) in [6.07, 6.45) is 0.373. The predicted octanol–water partition coefficient (Wildman–Crippen LogP) is 4.09. The molecule has 2 aromatic carbocycles. The van der Waals surface area contributed by atoms with Crippen LogP contribution in [0.3, 0.4) is 0 Å². The summed E-state index contributed by atoms with van der Waals surface area (Å²) in [7, 11) is 1.89. The van der Waals surface area contributed by atoms with Gasteiger partial charge < -0.3 is 15.4 Å². The lowest BCUT2D eigenvalue weighted by Gasteiger charge is -2.24. The van der Waals surface area contributed by atoms with E-state index in [2.05, 4.69) is 16.7 Å². The van der Waals surface area contributed by atoms with Crippen molar-refractivity contribution in [2.24, 2.45) is 0 Å². The first-order valence-electron chi connectivity index (χ1n) is 8.39. The highest BCUT2D eigenvalue weighted by atomic mass is 35.5. The van der Waals surface area contributed by atoms with Gasteiger partial charge in [-0.2, -0.15) is 0 Å². The molecule has 0 bridgehead atoms. The fraction of sp³-hybridized carbons (Fsp3) is 0.350. The summed E-state index contributed by atoms with van der Waals surface area (Å²) < 4.78 is 5.28. The first-order valence-corrected chi connectivity index (χ1v) is 8.77. The van der Waals surface area contributed by atoms with Crippen molar-refractivity contribution in [2.45, 2.75) is 39.0 Å². The number of carbonyl (C=O) groups excluding carboxylic acids is 1. The van der Waals surface area contributed by atoms with E-state index >= 15 is 0 Å². The number of likely N-dealkylation sites (N-methyl/N-ethyl adjacent to an activating group) is 1. The summed E-state index contributed by atoms with van der Waals surface area (Å²) >= 11 is 6.08. The van der Waals surface area contributed by atoms with E-state index in [4.69, 9.17) is 16.3 Å². The number of carbonyl (C=O) groups is 1. The quantitative estimate of drug-likeness (QED) is 0.781. The SMILES string of the molecule is CNC(Cc1ccc(Cl)c(C)c1)C(C)NC(=O)OCc1ccccc1. The number of rotatable bonds is 7. The van der Waals surface area contributed by atoms with Gasteiger partial charge in [0.2, 0.25) is 0 Å². The minimum atomic E-state index is -0.413. The molecule has 5 heteroatoms. The molecule has 2 atom stereocenters. The van der Waals surface area contributed by atoms with Gasteiger partial charge in [-0.05, 0) is 50.1 Å². The summed E-state index contributed by atoms with van der Waals surface area (Å²) in [5.41, 5.74) is 3.19.